The maximum atomic E-state index is 13.1. The van der Waals surface area contributed by atoms with Gasteiger partial charge in [0, 0.05) is 43.7 Å². The van der Waals surface area contributed by atoms with E-state index in [2.05, 4.69) is 32.1 Å². The Morgan fingerprint density at radius 1 is 1.12 bits per heavy atom. The third kappa shape index (κ3) is 6.78. The molecule has 4 aliphatic rings. The van der Waals surface area contributed by atoms with Crippen LogP contribution in [0.4, 0.5) is 19.0 Å². The summed E-state index contributed by atoms with van der Waals surface area (Å²) >= 11 is 0. The second-order valence-corrected chi connectivity index (χ2v) is 12.2. The van der Waals surface area contributed by atoms with Crippen LogP contribution < -0.4 is 10.2 Å². The number of para-hydroxylation sites is 1. The van der Waals surface area contributed by atoms with Gasteiger partial charge >= 0.3 is 6.18 Å². The summed E-state index contributed by atoms with van der Waals surface area (Å²) in [5, 5.41) is 19.3. The largest absolute Gasteiger partial charge is 0.483 e. The lowest BCUT2D eigenvalue weighted by atomic mass is 9.88. The first-order valence-electron chi connectivity index (χ1n) is 16.0. The quantitative estimate of drug-likeness (QED) is 0.294. The lowest BCUT2D eigenvalue weighted by molar-refractivity contribution is -0.255. The van der Waals surface area contributed by atoms with Gasteiger partial charge in [-0.15, -0.1) is 0 Å². The van der Waals surface area contributed by atoms with Gasteiger partial charge in [-0.3, -0.25) is 9.59 Å². The average Bonchev–Trinajstić information content (AvgIpc) is 3.77. The Balaban J connectivity index is 0.000000161. The number of hydrogen-bond acceptors (Lipinski definition) is 11. The number of anilines is 1. The number of hydrogen-bond donors (Lipinski definition) is 2. The zero-order valence-electron chi connectivity index (χ0n) is 27.0. The molecular weight excluding hydrogens is 659 g/mol. The fourth-order valence-electron chi connectivity index (χ4n) is 6.50. The number of alkyl halides is 3. The summed E-state index contributed by atoms with van der Waals surface area (Å²) in [5.41, 5.74) is 2.83. The van der Waals surface area contributed by atoms with Crippen molar-refractivity contribution >= 4 is 40.3 Å². The number of carbonyl (C=O) groups excluding carboxylic acids is 1. The maximum absolute atomic E-state index is 13.1. The molecule has 2 N–H and O–H groups in total. The van der Waals surface area contributed by atoms with E-state index in [1.54, 1.807) is 36.5 Å². The fraction of sp³-hybridized carbons (Fsp3) is 0.412. The normalized spacial score (nSPS) is 21.3. The number of morpholine rings is 1. The number of nitrogens with one attached hydrogen (secondary N) is 1. The number of aromatic nitrogens is 3. The summed E-state index contributed by atoms with van der Waals surface area (Å²) < 4.78 is 56.4. The third-order valence-electron chi connectivity index (χ3n) is 9.22. The van der Waals surface area contributed by atoms with E-state index in [0.29, 0.717) is 73.9 Å². The van der Waals surface area contributed by atoms with Crippen LogP contribution in [0.1, 0.15) is 42.8 Å². The SMILES string of the molecule is CC1N(C2=CC(c3ccc(C#N)nc3)CNC2=O)CCOC12COC2.FC(F)(F)c1nc(N2CCCC2)c2oc3ccccc3c2n1.O=CO. The Bertz CT molecular complexity index is 1930. The van der Waals surface area contributed by atoms with E-state index < -0.39 is 12.0 Å². The molecule has 1 aromatic carbocycles. The van der Waals surface area contributed by atoms with Crippen LogP contribution in [-0.4, -0.2) is 95.0 Å². The van der Waals surface area contributed by atoms with Crippen LogP contribution in [0.2, 0.25) is 0 Å². The second kappa shape index (κ2) is 14.3. The van der Waals surface area contributed by atoms with E-state index >= 15 is 0 Å². The molecule has 8 rings (SSSR count). The van der Waals surface area contributed by atoms with Crippen molar-refractivity contribution in [2.45, 2.75) is 43.5 Å². The first-order valence-corrected chi connectivity index (χ1v) is 16.0. The number of ether oxygens (including phenoxy) is 2. The van der Waals surface area contributed by atoms with E-state index in [0.717, 1.165) is 18.4 Å². The number of halogens is 3. The second-order valence-electron chi connectivity index (χ2n) is 12.2. The molecule has 3 fully saturated rings. The standard InChI is InChI=1S/C18H20N4O3.C15H12F3N3O.CH2O2/c1-12-18(10-24-11-18)25-5-4-22(12)16-6-14(9-21-17(16)23)13-2-3-15(7-19)20-8-13;16-15(17,18)14-19-11-9-5-1-2-6-10(9)22-12(11)13(20-14)21-7-3-4-8-21;2-1-3/h2-3,6,8,12,14H,4-5,9-11H2,1H3,(H,21,23);1-2,5-6H,3-4,7-8H2;1H,(H,2,3). The predicted octanol–water partition coefficient (Wildman–Crippen LogP) is 4.24. The van der Waals surface area contributed by atoms with Gasteiger partial charge in [-0.05, 0) is 49.6 Å². The summed E-state index contributed by atoms with van der Waals surface area (Å²) in [6.07, 6.45) is 1.01. The molecule has 3 aromatic heterocycles. The number of carbonyl (C=O) groups is 2. The fourth-order valence-corrected chi connectivity index (χ4v) is 6.50. The molecule has 3 saturated heterocycles. The molecule has 4 aliphatic heterocycles. The number of furan rings is 1. The van der Waals surface area contributed by atoms with Gasteiger partial charge in [0.1, 0.15) is 28.5 Å². The third-order valence-corrected chi connectivity index (χ3v) is 9.22. The molecule has 1 amide bonds. The van der Waals surface area contributed by atoms with Crippen LogP contribution in [0.25, 0.3) is 22.1 Å². The average molecular weight is 694 g/mol. The van der Waals surface area contributed by atoms with Crippen molar-refractivity contribution in [3.63, 3.8) is 0 Å². The first kappa shape index (κ1) is 34.6. The predicted molar refractivity (Wildman–Crippen MR) is 173 cm³/mol. The number of amides is 1. The van der Waals surface area contributed by atoms with Crippen molar-refractivity contribution in [3.8, 4) is 6.07 Å². The summed E-state index contributed by atoms with van der Waals surface area (Å²) in [4.78, 5) is 36.4. The number of nitrogens with zero attached hydrogens (tertiary/aromatic N) is 6. The number of nitriles is 1. The topological polar surface area (TPSA) is 167 Å². The van der Waals surface area contributed by atoms with E-state index in [1.165, 1.54) is 0 Å². The van der Waals surface area contributed by atoms with Crippen molar-refractivity contribution in [2.75, 3.05) is 50.9 Å². The Morgan fingerprint density at radius 2 is 1.86 bits per heavy atom. The molecule has 0 aliphatic carbocycles. The van der Waals surface area contributed by atoms with E-state index in [-0.39, 0.29) is 41.3 Å². The number of rotatable bonds is 3. The van der Waals surface area contributed by atoms with Gasteiger partial charge in [0.15, 0.2) is 11.4 Å². The zero-order valence-corrected chi connectivity index (χ0v) is 27.0. The van der Waals surface area contributed by atoms with Gasteiger partial charge in [-0.2, -0.15) is 18.4 Å². The van der Waals surface area contributed by atoms with Crippen LogP contribution in [0.3, 0.4) is 0 Å². The van der Waals surface area contributed by atoms with Crippen molar-refractivity contribution in [1.29, 1.82) is 5.26 Å². The smallest absolute Gasteiger partial charge is 0.451 e. The van der Waals surface area contributed by atoms with Crippen LogP contribution in [0.15, 0.2) is 58.8 Å². The van der Waals surface area contributed by atoms with Gasteiger partial charge in [0.05, 0.1) is 31.6 Å². The highest BCUT2D eigenvalue weighted by Crippen LogP contribution is 2.38. The van der Waals surface area contributed by atoms with Crippen molar-refractivity contribution < 1.29 is 41.8 Å². The highest BCUT2D eigenvalue weighted by Gasteiger charge is 2.51. The lowest BCUT2D eigenvalue weighted by Gasteiger charge is -2.53. The van der Waals surface area contributed by atoms with Gasteiger partial charge in [-0.1, -0.05) is 18.2 Å². The minimum Gasteiger partial charge on any atom is -0.483 e. The molecule has 262 valence electrons. The Labute approximate surface area is 284 Å². The Hall–Kier alpha value is -5.27. The molecule has 2 unspecified atom stereocenters. The molecule has 13 nitrogen and oxygen atoms in total. The number of fused-ring (bicyclic) bond motifs is 3. The summed E-state index contributed by atoms with van der Waals surface area (Å²) in [7, 11) is 0. The molecule has 16 heteroatoms. The molecule has 1 spiro atoms. The van der Waals surface area contributed by atoms with Gasteiger partial charge in [0.25, 0.3) is 12.4 Å². The highest BCUT2D eigenvalue weighted by molar-refractivity contribution is 6.05. The van der Waals surface area contributed by atoms with Crippen LogP contribution in [-0.2, 0) is 25.2 Å². The molecule has 4 aromatic rings. The zero-order chi connectivity index (χ0) is 35.5. The summed E-state index contributed by atoms with van der Waals surface area (Å²) in [6, 6.07) is 12.7. The van der Waals surface area contributed by atoms with E-state index in [9.17, 15) is 18.0 Å². The lowest BCUT2D eigenvalue weighted by Crippen LogP contribution is -2.68. The Morgan fingerprint density at radius 3 is 2.50 bits per heavy atom. The van der Waals surface area contributed by atoms with Crippen molar-refractivity contribution in [3.05, 3.63) is 71.4 Å². The van der Waals surface area contributed by atoms with Crippen molar-refractivity contribution in [2.24, 2.45) is 0 Å². The molecule has 50 heavy (non-hydrogen) atoms. The molecule has 0 radical (unpaired) electrons. The van der Waals surface area contributed by atoms with Crippen LogP contribution in [0, 0.1) is 11.3 Å². The molecule has 7 heterocycles. The molecule has 0 saturated carbocycles. The van der Waals surface area contributed by atoms with Gasteiger partial charge < -0.3 is 34.1 Å². The molecular formula is C34H34F3N7O6. The monoisotopic (exact) mass is 693 g/mol. The summed E-state index contributed by atoms with van der Waals surface area (Å²) in [6.45, 7) is 6.14. The van der Waals surface area contributed by atoms with E-state index in [1.807, 2.05) is 23.1 Å². The Kier molecular flexibility index (Phi) is 9.89. The van der Waals surface area contributed by atoms with Crippen molar-refractivity contribution in [1.82, 2.24) is 25.2 Å². The molecule has 0 bridgehead atoms. The maximum Gasteiger partial charge on any atom is 0.451 e. The van der Waals surface area contributed by atoms with Gasteiger partial charge in [-0.25, -0.2) is 15.0 Å². The minimum absolute atomic E-state index is 0.0385. The number of benzene rings is 1. The highest BCUT2D eigenvalue weighted by atomic mass is 19.4. The first-order chi connectivity index (χ1) is 24.1. The summed E-state index contributed by atoms with van der Waals surface area (Å²) in [5.74, 6) is -0.891. The van der Waals surface area contributed by atoms with Crippen LogP contribution >= 0.6 is 0 Å². The minimum atomic E-state index is -4.58. The van der Waals surface area contributed by atoms with E-state index in [4.69, 9.17) is 29.1 Å². The number of pyridine rings is 1. The van der Waals surface area contributed by atoms with Gasteiger partial charge in [0.2, 0.25) is 5.82 Å². The number of carboxylic acid groups (broad SMARTS) is 1. The van der Waals surface area contributed by atoms with Crippen LogP contribution in [0.5, 0.6) is 0 Å². The molecule has 2 atom stereocenters.